The minimum Gasteiger partial charge on any atom is -0.247 e. The SMILES string of the molecule is Cc1ccccc1-c1nc2ccccc2cc1CC(C)C.Cc1ccccc1-c1nc2ccccc2cc1CC(C)C.[Ir+3]. The maximum atomic E-state index is 4.96. The Morgan fingerprint density at radius 2 is 0.837 bits per heavy atom. The number of pyridine rings is 2. The summed E-state index contributed by atoms with van der Waals surface area (Å²) in [5, 5.41) is 2.45. The van der Waals surface area contributed by atoms with E-state index < -0.39 is 0 Å². The normalized spacial score (nSPS) is 11.0. The van der Waals surface area contributed by atoms with Crippen molar-refractivity contribution in [2.24, 2.45) is 11.8 Å². The standard InChI is InChI=1S/2C20H21N.Ir/c2*1-14(2)12-17-13-16-9-5-7-11-19(16)21-20(17)18-10-6-4-8-15(18)3;/h2*4-11,13-14H,12H2,1-3H3;/q;;+3. The van der Waals surface area contributed by atoms with Crippen molar-refractivity contribution in [3.8, 4) is 22.5 Å². The Labute approximate surface area is 271 Å². The molecular weight excluding hydrogens is 701 g/mol. The number of hydrogen-bond acceptors (Lipinski definition) is 2. The van der Waals surface area contributed by atoms with Crippen molar-refractivity contribution in [1.29, 1.82) is 0 Å². The molecule has 0 radical (unpaired) electrons. The summed E-state index contributed by atoms with van der Waals surface area (Å²) in [7, 11) is 0. The molecule has 2 heterocycles. The first-order valence-corrected chi connectivity index (χ1v) is 15.2. The predicted molar refractivity (Wildman–Crippen MR) is 181 cm³/mol. The Morgan fingerprint density at radius 1 is 0.488 bits per heavy atom. The molecule has 0 unspecified atom stereocenters. The van der Waals surface area contributed by atoms with Gasteiger partial charge in [-0.1, -0.05) is 113 Å². The van der Waals surface area contributed by atoms with Gasteiger partial charge in [0.05, 0.1) is 22.4 Å². The molecule has 0 saturated carbocycles. The minimum atomic E-state index is 0. The van der Waals surface area contributed by atoms with E-state index in [4.69, 9.17) is 9.97 Å². The van der Waals surface area contributed by atoms with E-state index in [0.29, 0.717) is 11.8 Å². The van der Waals surface area contributed by atoms with Crippen LogP contribution in [0.3, 0.4) is 0 Å². The Hall–Kier alpha value is -3.65. The van der Waals surface area contributed by atoms with Crippen LogP contribution in [0.2, 0.25) is 0 Å². The van der Waals surface area contributed by atoms with Crippen LogP contribution in [0.25, 0.3) is 44.3 Å². The molecule has 3 heteroatoms. The molecule has 0 aliphatic carbocycles. The molecule has 6 aromatic rings. The molecule has 6 rings (SSSR count). The van der Waals surface area contributed by atoms with Gasteiger partial charge in [-0.05, 0) is 85.0 Å². The van der Waals surface area contributed by atoms with Gasteiger partial charge in [-0.15, -0.1) is 0 Å². The molecule has 4 aromatic carbocycles. The number of nitrogens with zero attached hydrogens (tertiary/aromatic N) is 2. The molecule has 43 heavy (non-hydrogen) atoms. The van der Waals surface area contributed by atoms with E-state index in [1.807, 2.05) is 0 Å². The molecule has 0 bridgehead atoms. The van der Waals surface area contributed by atoms with Gasteiger partial charge in [0.25, 0.3) is 0 Å². The molecule has 0 aliphatic rings. The van der Waals surface area contributed by atoms with E-state index in [1.165, 1.54) is 44.2 Å². The molecule has 0 spiro atoms. The van der Waals surface area contributed by atoms with Crippen molar-refractivity contribution < 1.29 is 20.1 Å². The van der Waals surface area contributed by atoms with E-state index in [-0.39, 0.29) is 20.1 Å². The van der Waals surface area contributed by atoms with Crippen LogP contribution in [-0.4, -0.2) is 9.97 Å². The fourth-order valence-corrected chi connectivity index (χ4v) is 5.65. The van der Waals surface area contributed by atoms with E-state index in [1.54, 1.807) is 0 Å². The molecular formula is C40H42IrN2+3. The zero-order chi connectivity index (χ0) is 29.6. The van der Waals surface area contributed by atoms with Gasteiger partial charge in [0.1, 0.15) is 0 Å². The Bertz CT molecular complexity index is 1680. The second-order valence-electron chi connectivity index (χ2n) is 12.2. The fourth-order valence-electron chi connectivity index (χ4n) is 5.65. The zero-order valence-corrected chi connectivity index (χ0v) is 28.6. The molecule has 0 N–H and O–H groups in total. The van der Waals surface area contributed by atoms with Crippen LogP contribution in [0.15, 0.2) is 109 Å². The van der Waals surface area contributed by atoms with Crippen molar-refractivity contribution in [2.45, 2.75) is 54.4 Å². The van der Waals surface area contributed by atoms with Crippen LogP contribution in [0.5, 0.6) is 0 Å². The zero-order valence-electron chi connectivity index (χ0n) is 26.2. The molecule has 0 fully saturated rings. The molecule has 2 aromatic heterocycles. The fraction of sp³-hybridized carbons (Fsp3) is 0.250. The average molecular weight is 743 g/mol. The maximum Gasteiger partial charge on any atom is 3.00 e. The molecule has 218 valence electrons. The third-order valence-corrected chi connectivity index (χ3v) is 7.66. The number of rotatable bonds is 6. The minimum absolute atomic E-state index is 0. The molecule has 0 amide bonds. The van der Waals surface area contributed by atoms with Crippen molar-refractivity contribution in [1.82, 2.24) is 9.97 Å². The number of hydrogen-bond donors (Lipinski definition) is 0. The smallest absolute Gasteiger partial charge is 0.247 e. The summed E-state index contributed by atoms with van der Waals surface area (Å²) < 4.78 is 0. The van der Waals surface area contributed by atoms with Gasteiger partial charge in [-0.2, -0.15) is 0 Å². The van der Waals surface area contributed by atoms with E-state index in [9.17, 15) is 0 Å². The average Bonchev–Trinajstić information content (AvgIpc) is 2.97. The summed E-state index contributed by atoms with van der Waals surface area (Å²) in [5.41, 5.74) is 12.2. The first-order valence-electron chi connectivity index (χ1n) is 15.2. The molecule has 0 saturated heterocycles. The van der Waals surface area contributed by atoms with Crippen LogP contribution < -0.4 is 0 Å². The van der Waals surface area contributed by atoms with Gasteiger partial charge in [0.2, 0.25) is 0 Å². The van der Waals surface area contributed by atoms with Gasteiger partial charge in [0.15, 0.2) is 0 Å². The number of aryl methyl sites for hydroxylation is 2. The van der Waals surface area contributed by atoms with E-state index >= 15 is 0 Å². The molecule has 0 aliphatic heterocycles. The third kappa shape index (κ3) is 7.85. The summed E-state index contributed by atoms with van der Waals surface area (Å²) in [6.07, 6.45) is 2.11. The quantitative estimate of drug-likeness (QED) is 0.170. The van der Waals surface area contributed by atoms with Crippen LogP contribution in [-0.2, 0) is 32.9 Å². The largest absolute Gasteiger partial charge is 3.00 e. The maximum absolute atomic E-state index is 4.96. The van der Waals surface area contributed by atoms with Gasteiger partial charge in [0, 0.05) is 21.9 Å². The van der Waals surface area contributed by atoms with Crippen LogP contribution >= 0.6 is 0 Å². The van der Waals surface area contributed by atoms with Crippen LogP contribution in [0.4, 0.5) is 0 Å². The van der Waals surface area contributed by atoms with Crippen LogP contribution in [0, 0.1) is 25.7 Å². The monoisotopic (exact) mass is 743 g/mol. The van der Waals surface area contributed by atoms with E-state index in [2.05, 4.69) is 151 Å². The number of fused-ring (bicyclic) bond motifs is 2. The van der Waals surface area contributed by atoms with Crippen molar-refractivity contribution in [3.63, 3.8) is 0 Å². The van der Waals surface area contributed by atoms with Gasteiger partial charge in [-0.25, -0.2) is 9.97 Å². The number of benzene rings is 4. The summed E-state index contributed by atoms with van der Waals surface area (Å²) in [5.74, 6) is 1.24. The number of aromatic nitrogens is 2. The predicted octanol–water partition coefficient (Wildman–Crippen LogP) is 10.8. The van der Waals surface area contributed by atoms with Gasteiger partial charge >= 0.3 is 20.1 Å². The van der Waals surface area contributed by atoms with Gasteiger partial charge < -0.3 is 0 Å². The summed E-state index contributed by atoms with van der Waals surface area (Å²) in [6, 6.07) is 38.4. The van der Waals surface area contributed by atoms with Gasteiger partial charge in [-0.3, -0.25) is 0 Å². The second kappa shape index (κ2) is 14.7. The van der Waals surface area contributed by atoms with Crippen molar-refractivity contribution >= 4 is 21.8 Å². The number of para-hydroxylation sites is 2. The Morgan fingerprint density at radius 3 is 1.21 bits per heavy atom. The van der Waals surface area contributed by atoms with Crippen molar-refractivity contribution in [3.05, 3.63) is 131 Å². The summed E-state index contributed by atoms with van der Waals surface area (Å²) >= 11 is 0. The van der Waals surface area contributed by atoms with Crippen LogP contribution in [0.1, 0.15) is 49.9 Å². The van der Waals surface area contributed by atoms with E-state index in [0.717, 1.165) is 35.3 Å². The third-order valence-electron chi connectivity index (χ3n) is 7.66. The molecule has 2 nitrogen and oxygen atoms in total. The topological polar surface area (TPSA) is 25.8 Å². The first-order chi connectivity index (χ1) is 20.3. The Balaban J connectivity index is 0.000000192. The molecule has 0 atom stereocenters. The second-order valence-corrected chi connectivity index (χ2v) is 12.2. The first kappa shape index (κ1) is 32.3. The Kier molecular flexibility index (Phi) is 11.0. The summed E-state index contributed by atoms with van der Waals surface area (Å²) in [4.78, 5) is 9.92. The summed E-state index contributed by atoms with van der Waals surface area (Å²) in [6.45, 7) is 13.4. The van der Waals surface area contributed by atoms with Crippen molar-refractivity contribution in [2.75, 3.05) is 0 Å².